The first kappa shape index (κ1) is 25.1. The lowest BCUT2D eigenvalue weighted by molar-refractivity contribution is -0.188. The van der Waals surface area contributed by atoms with Crippen LogP contribution in [0.2, 0.25) is 0 Å². The van der Waals surface area contributed by atoms with Crippen LogP contribution < -0.4 is 0 Å². The van der Waals surface area contributed by atoms with Gasteiger partial charge in [-0.05, 0) is 96.8 Å². The highest BCUT2D eigenvalue weighted by atomic mass is 16.4. The van der Waals surface area contributed by atoms with Crippen molar-refractivity contribution in [1.82, 2.24) is 9.80 Å². The van der Waals surface area contributed by atoms with Crippen LogP contribution in [-0.2, 0) is 9.59 Å². The number of rotatable bonds is 11. The highest BCUT2D eigenvalue weighted by molar-refractivity contribution is 5.75. The predicted molar refractivity (Wildman–Crippen MR) is 119 cm³/mol. The molecule has 6 heteroatoms. The van der Waals surface area contributed by atoms with Crippen molar-refractivity contribution >= 4 is 11.9 Å². The first-order chi connectivity index (χ1) is 14.0. The van der Waals surface area contributed by atoms with Gasteiger partial charge in [-0.15, -0.1) is 0 Å². The zero-order valence-corrected chi connectivity index (χ0v) is 19.7. The van der Waals surface area contributed by atoms with Gasteiger partial charge in [0.05, 0.1) is 11.1 Å². The van der Waals surface area contributed by atoms with Crippen molar-refractivity contribution in [2.24, 2.45) is 10.8 Å². The molecule has 0 aromatic carbocycles. The molecule has 0 aliphatic carbocycles. The number of likely N-dealkylation sites (tertiary alicyclic amines) is 2. The number of hydrogen-bond acceptors (Lipinski definition) is 4. The summed E-state index contributed by atoms with van der Waals surface area (Å²) in [5.41, 5.74) is -1.40. The van der Waals surface area contributed by atoms with Gasteiger partial charge in [-0.25, -0.2) is 0 Å². The van der Waals surface area contributed by atoms with Gasteiger partial charge in [-0.1, -0.05) is 26.7 Å². The first-order valence-corrected chi connectivity index (χ1v) is 12.0. The molecule has 2 aliphatic heterocycles. The fourth-order valence-corrected chi connectivity index (χ4v) is 5.67. The number of piperidine rings is 2. The Morgan fingerprint density at radius 3 is 1.60 bits per heavy atom. The Bertz CT molecular complexity index is 558. The number of nitrogens with zero attached hydrogens (tertiary/aromatic N) is 2. The highest BCUT2D eigenvalue weighted by Crippen LogP contribution is 2.47. The fourth-order valence-electron chi connectivity index (χ4n) is 5.67. The lowest BCUT2D eigenvalue weighted by Gasteiger charge is -2.60. The molecule has 0 bridgehead atoms. The quantitative estimate of drug-likeness (QED) is 0.495. The van der Waals surface area contributed by atoms with E-state index in [9.17, 15) is 14.7 Å². The summed E-state index contributed by atoms with van der Waals surface area (Å²) in [6.07, 6.45) is 10.4. The second kappa shape index (κ2) is 10.4. The van der Waals surface area contributed by atoms with Crippen molar-refractivity contribution in [1.29, 1.82) is 0 Å². The van der Waals surface area contributed by atoms with E-state index in [0.717, 1.165) is 71.1 Å². The molecule has 2 saturated heterocycles. The van der Waals surface area contributed by atoms with Gasteiger partial charge in [-0.3, -0.25) is 19.4 Å². The molecule has 2 aliphatic rings. The molecule has 30 heavy (non-hydrogen) atoms. The maximum atomic E-state index is 12.6. The van der Waals surface area contributed by atoms with Gasteiger partial charge < -0.3 is 10.2 Å². The van der Waals surface area contributed by atoms with Gasteiger partial charge in [0.25, 0.3) is 0 Å². The summed E-state index contributed by atoms with van der Waals surface area (Å²) in [6, 6.07) is 0. The van der Waals surface area contributed by atoms with Crippen LogP contribution >= 0.6 is 0 Å². The monoisotopic (exact) mass is 424 g/mol. The fraction of sp³-hybridized carbons (Fsp3) is 0.917. The summed E-state index contributed by atoms with van der Waals surface area (Å²) in [7, 11) is 0. The number of carbonyl (C=O) groups is 2. The summed E-state index contributed by atoms with van der Waals surface area (Å²) < 4.78 is 0. The zero-order chi connectivity index (χ0) is 22.4. The molecular formula is C24H44N2O4. The minimum absolute atomic E-state index is 0.0130. The van der Waals surface area contributed by atoms with Crippen molar-refractivity contribution in [3.05, 3.63) is 0 Å². The third-order valence-corrected chi connectivity index (χ3v) is 7.69. The standard InChI is InChI=1S/C24H44N2O4/c1-22(2,13-11-12-20(27)28)14-15-24(23(3,4)21(29)30,25-16-7-5-8-17-25)26-18-9-6-10-19-26/h5-19H2,1-4H3,(H,27,28)(H,29,30). The van der Waals surface area contributed by atoms with Gasteiger partial charge in [0.15, 0.2) is 0 Å². The lowest BCUT2D eigenvalue weighted by Crippen LogP contribution is -2.71. The summed E-state index contributed by atoms with van der Waals surface area (Å²) in [5, 5.41) is 19.4. The van der Waals surface area contributed by atoms with E-state index in [1.807, 2.05) is 13.8 Å². The largest absolute Gasteiger partial charge is 0.481 e. The Morgan fingerprint density at radius 1 is 0.733 bits per heavy atom. The van der Waals surface area contributed by atoms with Gasteiger partial charge in [0.1, 0.15) is 0 Å². The number of aliphatic carboxylic acids is 2. The van der Waals surface area contributed by atoms with Crippen molar-refractivity contribution < 1.29 is 19.8 Å². The third-order valence-electron chi connectivity index (χ3n) is 7.69. The summed E-state index contributed by atoms with van der Waals surface area (Å²) in [4.78, 5) is 28.6. The predicted octanol–water partition coefficient (Wildman–Crippen LogP) is 4.83. The highest BCUT2D eigenvalue weighted by Gasteiger charge is 2.57. The number of hydrogen-bond donors (Lipinski definition) is 2. The lowest BCUT2D eigenvalue weighted by atomic mass is 9.69. The van der Waals surface area contributed by atoms with Crippen LogP contribution in [0.4, 0.5) is 0 Å². The number of carboxylic acids is 2. The van der Waals surface area contributed by atoms with E-state index in [4.69, 9.17) is 5.11 Å². The molecule has 2 fully saturated rings. The van der Waals surface area contributed by atoms with E-state index in [2.05, 4.69) is 23.6 Å². The number of carboxylic acid groups (broad SMARTS) is 2. The Hall–Kier alpha value is -1.14. The second-order valence-electron chi connectivity index (χ2n) is 10.8. The van der Waals surface area contributed by atoms with Crippen LogP contribution in [-0.4, -0.2) is 63.8 Å². The van der Waals surface area contributed by atoms with Crippen molar-refractivity contribution in [3.8, 4) is 0 Å². The topological polar surface area (TPSA) is 81.1 Å². The Morgan fingerprint density at radius 2 is 1.20 bits per heavy atom. The van der Waals surface area contributed by atoms with Crippen LogP contribution in [0.25, 0.3) is 0 Å². The Labute approximate surface area is 183 Å². The molecule has 0 atom stereocenters. The van der Waals surface area contributed by atoms with E-state index < -0.39 is 23.0 Å². The molecule has 0 saturated carbocycles. The maximum Gasteiger partial charge on any atom is 0.312 e. The van der Waals surface area contributed by atoms with Crippen LogP contribution in [0, 0.1) is 10.8 Å². The molecule has 0 aromatic heterocycles. The van der Waals surface area contributed by atoms with Gasteiger partial charge in [0.2, 0.25) is 0 Å². The van der Waals surface area contributed by atoms with E-state index in [1.54, 1.807) is 0 Å². The maximum absolute atomic E-state index is 12.6. The van der Waals surface area contributed by atoms with Crippen molar-refractivity contribution in [2.45, 2.75) is 104 Å². The van der Waals surface area contributed by atoms with E-state index in [-0.39, 0.29) is 11.8 Å². The van der Waals surface area contributed by atoms with E-state index in [0.29, 0.717) is 6.42 Å². The van der Waals surface area contributed by atoms with Crippen molar-refractivity contribution in [2.75, 3.05) is 26.2 Å². The SMILES string of the molecule is CC(C)(CCCC(=O)O)CCC(N1CCCCC1)(N1CCCCC1)C(C)(C)C(=O)O. The minimum atomic E-state index is -0.890. The van der Waals surface area contributed by atoms with E-state index in [1.165, 1.54) is 12.8 Å². The van der Waals surface area contributed by atoms with Gasteiger partial charge in [0, 0.05) is 6.42 Å². The molecule has 174 valence electrons. The summed E-state index contributed by atoms with van der Waals surface area (Å²) >= 11 is 0. The molecule has 0 radical (unpaired) electrons. The summed E-state index contributed by atoms with van der Waals surface area (Å²) in [5.74, 6) is -1.46. The molecular weight excluding hydrogens is 380 g/mol. The van der Waals surface area contributed by atoms with Crippen LogP contribution in [0.1, 0.15) is 98.3 Å². The van der Waals surface area contributed by atoms with Gasteiger partial charge >= 0.3 is 11.9 Å². The third kappa shape index (κ3) is 5.76. The Balaban J connectivity index is 2.34. The van der Waals surface area contributed by atoms with E-state index >= 15 is 0 Å². The molecule has 0 unspecified atom stereocenters. The van der Waals surface area contributed by atoms with Gasteiger partial charge in [-0.2, -0.15) is 0 Å². The minimum Gasteiger partial charge on any atom is -0.481 e. The Kier molecular flexibility index (Phi) is 8.75. The zero-order valence-electron chi connectivity index (χ0n) is 19.7. The van der Waals surface area contributed by atoms with Crippen LogP contribution in [0.5, 0.6) is 0 Å². The smallest absolute Gasteiger partial charge is 0.312 e. The summed E-state index contributed by atoms with van der Waals surface area (Å²) in [6.45, 7) is 12.1. The average Bonchev–Trinajstić information content (AvgIpc) is 2.69. The molecule has 0 amide bonds. The molecule has 2 rings (SSSR count). The van der Waals surface area contributed by atoms with Crippen LogP contribution in [0.3, 0.4) is 0 Å². The average molecular weight is 425 g/mol. The van der Waals surface area contributed by atoms with Crippen LogP contribution in [0.15, 0.2) is 0 Å². The molecule has 0 spiro atoms. The molecule has 0 aromatic rings. The first-order valence-electron chi connectivity index (χ1n) is 12.0. The second-order valence-corrected chi connectivity index (χ2v) is 10.8. The molecule has 2 heterocycles. The molecule has 2 N–H and O–H groups in total. The normalized spacial score (nSPS) is 20.3. The molecule has 6 nitrogen and oxygen atoms in total. The van der Waals surface area contributed by atoms with Crippen molar-refractivity contribution in [3.63, 3.8) is 0 Å².